The number of amides is 2. The minimum absolute atomic E-state index is 0.0135. The second-order valence-corrected chi connectivity index (χ2v) is 7.00. The van der Waals surface area contributed by atoms with Crippen molar-refractivity contribution in [1.82, 2.24) is 25.1 Å². The molecule has 3 N–H and O–H groups in total. The first kappa shape index (κ1) is 20.7. The Hall–Kier alpha value is -4.60. The van der Waals surface area contributed by atoms with E-state index in [0.29, 0.717) is 16.8 Å². The third kappa shape index (κ3) is 4.29. The number of nitrogen functional groups attached to an aromatic ring is 1. The first-order valence-electron chi connectivity index (χ1n) is 9.57. The van der Waals surface area contributed by atoms with Crippen molar-refractivity contribution < 1.29 is 14.0 Å². The zero-order valence-corrected chi connectivity index (χ0v) is 17.3. The number of nitrogens with two attached hydrogens (primary N) is 1. The van der Waals surface area contributed by atoms with E-state index < -0.39 is 0 Å². The molecule has 0 unspecified atom stereocenters. The Morgan fingerprint density at radius 1 is 0.969 bits per heavy atom. The number of benzene rings is 2. The lowest BCUT2D eigenvalue weighted by Gasteiger charge is -2.10. The van der Waals surface area contributed by atoms with Gasteiger partial charge < -0.3 is 15.1 Å². The van der Waals surface area contributed by atoms with Crippen molar-refractivity contribution in [2.24, 2.45) is 0 Å². The highest BCUT2D eigenvalue weighted by atomic mass is 16.4. The second-order valence-electron chi connectivity index (χ2n) is 7.00. The van der Waals surface area contributed by atoms with E-state index in [-0.39, 0.29) is 35.2 Å². The molecule has 0 fully saturated rings. The molecule has 0 saturated heterocycles. The van der Waals surface area contributed by atoms with E-state index in [1.807, 2.05) is 6.07 Å². The second kappa shape index (κ2) is 8.64. The summed E-state index contributed by atoms with van der Waals surface area (Å²) in [5.41, 5.74) is 8.38. The Balaban J connectivity index is 1.57. The van der Waals surface area contributed by atoms with Crippen LogP contribution in [0.5, 0.6) is 0 Å². The fourth-order valence-electron chi connectivity index (χ4n) is 2.86. The van der Waals surface area contributed by atoms with Crippen molar-refractivity contribution in [3.8, 4) is 22.8 Å². The molecule has 0 atom stereocenters. The van der Waals surface area contributed by atoms with Crippen molar-refractivity contribution in [3.63, 3.8) is 0 Å². The number of anilines is 2. The first-order chi connectivity index (χ1) is 15.4. The lowest BCUT2D eigenvalue weighted by atomic mass is 10.1. The zero-order chi connectivity index (χ0) is 22.7. The van der Waals surface area contributed by atoms with E-state index >= 15 is 0 Å². The van der Waals surface area contributed by atoms with Crippen LogP contribution in [0.4, 0.5) is 11.8 Å². The predicted molar refractivity (Wildman–Crippen MR) is 118 cm³/mol. The molecule has 10 heteroatoms. The predicted octanol–water partition coefficient (Wildman–Crippen LogP) is 2.73. The molecule has 0 bridgehead atoms. The Bertz CT molecular complexity index is 1270. The highest BCUT2D eigenvalue weighted by Gasteiger charge is 2.18. The van der Waals surface area contributed by atoms with Crippen LogP contribution >= 0.6 is 0 Å². The normalized spacial score (nSPS) is 10.6. The van der Waals surface area contributed by atoms with Crippen LogP contribution < -0.4 is 11.1 Å². The van der Waals surface area contributed by atoms with Crippen molar-refractivity contribution in [2.75, 3.05) is 25.1 Å². The number of hydrogen-bond donors (Lipinski definition) is 2. The van der Waals surface area contributed by atoms with E-state index in [9.17, 15) is 9.59 Å². The molecule has 0 spiro atoms. The molecular weight excluding hydrogens is 410 g/mol. The largest absolute Gasteiger partial charge is 0.401 e. The molecular formula is C22H19N7O3. The Labute approximate surface area is 183 Å². The minimum Gasteiger partial charge on any atom is -0.401 e. The van der Waals surface area contributed by atoms with Gasteiger partial charge in [0.05, 0.1) is 11.9 Å². The van der Waals surface area contributed by atoms with Crippen LogP contribution in [0.15, 0.2) is 65.2 Å². The molecule has 2 heterocycles. The van der Waals surface area contributed by atoms with Gasteiger partial charge in [-0.2, -0.15) is 0 Å². The molecule has 0 aliphatic carbocycles. The van der Waals surface area contributed by atoms with Crippen molar-refractivity contribution >= 4 is 23.6 Å². The van der Waals surface area contributed by atoms with Crippen LogP contribution in [0.2, 0.25) is 0 Å². The molecule has 160 valence electrons. The van der Waals surface area contributed by atoms with Gasteiger partial charge in [-0.25, -0.2) is 9.97 Å². The molecule has 10 nitrogen and oxygen atoms in total. The third-order valence-electron chi connectivity index (χ3n) is 4.52. The topological polar surface area (TPSA) is 140 Å². The summed E-state index contributed by atoms with van der Waals surface area (Å²) in [6.07, 6.45) is 1.51. The smallest absolute Gasteiger partial charge is 0.322 e. The molecule has 0 aliphatic heterocycles. The summed E-state index contributed by atoms with van der Waals surface area (Å²) >= 11 is 0. The summed E-state index contributed by atoms with van der Waals surface area (Å²) in [5.74, 6) is -0.380. The number of carbonyl (C=O) groups is 2. The molecule has 4 rings (SSSR count). The van der Waals surface area contributed by atoms with Crippen LogP contribution in [0.3, 0.4) is 0 Å². The number of nitrogens with zero attached hydrogens (tertiary/aromatic N) is 5. The minimum atomic E-state index is -0.388. The average molecular weight is 429 g/mol. The maximum absolute atomic E-state index is 12.3. The van der Waals surface area contributed by atoms with E-state index in [0.717, 1.165) is 5.56 Å². The maximum Gasteiger partial charge on any atom is 0.322 e. The standard InChI is InChI=1S/C22H19N7O3/c1-29(2)21(31)15-10-8-13(9-11-15)16-12-24-18(23)17(25-16)20-27-28-22(32-20)26-19(30)14-6-4-3-5-7-14/h3-12H,1-2H3,(H2,23,24)(H,26,28,30). The van der Waals surface area contributed by atoms with Gasteiger partial charge in [0.15, 0.2) is 11.5 Å². The van der Waals surface area contributed by atoms with Gasteiger partial charge in [-0.1, -0.05) is 35.4 Å². The highest BCUT2D eigenvalue weighted by molar-refractivity contribution is 6.03. The van der Waals surface area contributed by atoms with Crippen LogP contribution in [0, 0.1) is 0 Å². The molecule has 32 heavy (non-hydrogen) atoms. The number of carbonyl (C=O) groups excluding carboxylic acids is 2. The van der Waals surface area contributed by atoms with E-state index in [2.05, 4.69) is 25.5 Å². The van der Waals surface area contributed by atoms with E-state index in [1.165, 1.54) is 11.1 Å². The van der Waals surface area contributed by atoms with Crippen LogP contribution in [0.25, 0.3) is 22.8 Å². The number of hydrogen-bond acceptors (Lipinski definition) is 8. The summed E-state index contributed by atoms with van der Waals surface area (Å²) in [7, 11) is 3.38. The Morgan fingerprint density at radius 3 is 2.38 bits per heavy atom. The third-order valence-corrected chi connectivity index (χ3v) is 4.52. The lowest BCUT2D eigenvalue weighted by Crippen LogP contribution is -2.21. The molecule has 0 saturated carbocycles. The number of rotatable bonds is 5. The monoisotopic (exact) mass is 429 g/mol. The van der Waals surface area contributed by atoms with E-state index in [4.69, 9.17) is 10.2 Å². The molecule has 0 aliphatic rings. The Morgan fingerprint density at radius 2 is 1.69 bits per heavy atom. The summed E-state index contributed by atoms with van der Waals surface area (Å²) in [4.78, 5) is 34.5. The summed E-state index contributed by atoms with van der Waals surface area (Å²) in [6.45, 7) is 0. The van der Waals surface area contributed by atoms with Gasteiger partial charge in [-0.3, -0.25) is 14.9 Å². The maximum atomic E-state index is 12.3. The van der Waals surface area contributed by atoms with Gasteiger partial charge in [-0.15, -0.1) is 5.10 Å². The SMILES string of the molecule is CN(C)C(=O)c1ccc(-c2cnc(N)c(-c3nnc(NC(=O)c4ccccc4)o3)n2)cc1. The average Bonchev–Trinajstić information content (AvgIpc) is 3.27. The van der Waals surface area contributed by atoms with Gasteiger partial charge in [0.2, 0.25) is 0 Å². The summed E-state index contributed by atoms with van der Waals surface area (Å²) < 4.78 is 5.52. The molecule has 0 radical (unpaired) electrons. The Kier molecular flexibility index (Phi) is 5.58. The van der Waals surface area contributed by atoms with Gasteiger partial charge >= 0.3 is 6.01 Å². The van der Waals surface area contributed by atoms with Gasteiger partial charge in [0, 0.05) is 30.8 Å². The van der Waals surface area contributed by atoms with Crippen molar-refractivity contribution in [1.29, 1.82) is 0 Å². The first-order valence-corrected chi connectivity index (χ1v) is 9.57. The zero-order valence-electron chi connectivity index (χ0n) is 17.3. The lowest BCUT2D eigenvalue weighted by molar-refractivity contribution is 0.0827. The molecule has 4 aromatic rings. The van der Waals surface area contributed by atoms with Crippen molar-refractivity contribution in [2.45, 2.75) is 0 Å². The fraction of sp³-hybridized carbons (Fsp3) is 0.0909. The van der Waals surface area contributed by atoms with Crippen LogP contribution in [-0.2, 0) is 0 Å². The van der Waals surface area contributed by atoms with Crippen molar-refractivity contribution in [3.05, 3.63) is 71.9 Å². The van der Waals surface area contributed by atoms with Gasteiger partial charge in [-0.05, 0) is 24.3 Å². The van der Waals surface area contributed by atoms with Crippen LogP contribution in [0.1, 0.15) is 20.7 Å². The van der Waals surface area contributed by atoms with Gasteiger partial charge in [0.25, 0.3) is 17.7 Å². The highest BCUT2D eigenvalue weighted by Crippen LogP contribution is 2.26. The van der Waals surface area contributed by atoms with Gasteiger partial charge in [0.1, 0.15) is 0 Å². The van der Waals surface area contributed by atoms with Crippen LogP contribution in [-0.4, -0.2) is 51.0 Å². The molecule has 2 aromatic carbocycles. The summed E-state index contributed by atoms with van der Waals surface area (Å²) in [6, 6.07) is 15.5. The molecule has 2 amide bonds. The quantitative estimate of drug-likeness (QED) is 0.493. The number of nitrogens with one attached hydrogen (secondary N) is 1. The number of aromatic nitrogens is 4. The fourth-order valence-corrected chi connectivity index (χ4v) is 2.86. The molecule has 2 aromatic heterocycles. The van der Waals surface area contributed by atoms with E-state index in [1.54, 1.807) is 62.6 Å². The summed E-state index contributed by atoms with van der Waals surface area (Å²) in [5, 5.41) is 10.3.